The monoisotopic (exact) mass is 236 g/mol. The third-order valence-electron chi connectivity index (χ3n) is 1.34. The highest BCUT2D eigenvalue weighted by molar-refractivity contribution is 5.60. The smallest absolute Gasteiger partial charge is 0.422 e. The summed E-state index contributed by atoms with van der Waals surface area (Å²) in [6, 6.07) is 0. The topological polar surface area (TPSA) is 33.6 Å². The van der Waals surface area contributed by atoms with Gasteiger partial charge in [-0.3, -0.25) is 4.99 Å². The predicted octanol–water partition coefficient (Wildman–Crippen LogP) is 2.27. The van der Waals surface area contributed by atoms with Crippen LogP contribution in [0.1, 0.15) is 6.92 Å². The van der Waals surface area contributed by atoms with Crippen molar-refractivity contribution in [3.05, 3.63) is 24.1 Å². The first-order chi connectivity index (χ1) is 7.49. The zero-order chi connectivity index (χ0) is 12.4. The van der Waals surface area contributed by atoms with E-state index in [1.807, 2.05) is 0 Å². The van der Waals surface area contributed by atoms with Gasteiger partial charge in [-0.2, -0.15) is 13.2 Å². The molecule has 0 saturated heterocycles. The maximum absolute atomic E-state index is 11.9. The maximum Gasteiger partial charge on any atom is 0.422 e. The molecular formula is C10H15F3N2O. The van der Waals surface area contributed by atoms with Crippen LogP contribution in [0.2, 0.25) is 0 Å². The Morgan fingerprint density at radius 2 is 2.12 bits per heavy atom. The van der Waals surface area contributed by atoms with Crippen molar-refractivity contribution >= 4 is 6.21 Å². The second-order valence-electron chi connectivity index (χ2n) is 2.82. The summed E-state index contributed by atoms with van der Waals surface area (Å²) in [6.07, 6.45) is 1.43. The first kappa shape index (κ1) is 14.7. The Morgan fingerprint density at radius 3 is 2.62 bits per heavy atom. The Hall–Kier alpha value is -1.30. The lowest BCUT2D eigenvalue weighted by molar-refractivity contribution is -0.163. The zero-order valence-corrected chi connectivity index (χ0v) is 9.21. The molecule has 0 aromatic heterocycles. The molecule has 0 unspecified atom stereocenters. The van der Waals surface area contributed by atoms with Gasteiger partial charge >= 0.3 is 6.18 Å². The Balaban J connectivity index is 4.26. The molecule has 0 aliphatic rings. The van der Waals surface area contributed by atoms with E-state index in [1.54, 1.807) is 20.0 Å². The van der Waals surface area contributed by atoms with E-state index >= 15 is 0 Å². The summed E-state index contributed by atoms with van der Waals surface area (Å²) < 4.78 is 40.2. The van der Waals surface area contributed by atoms with Crippen molar-refractivity contribution in [3.63, 3.8) is 0 Å². The molecule has 0 aromatic rings. The molecule has 3 nitrogen and oxygen atoms in total. The van der Waals surface area contributed by atoms with Gasteiger partial charge in [-0.05, 0) is 20.0 Å². The van der Waals surface area contributed by atoms with Gasteiger partial charge in [0.15, 0.2) is 6.61 Å². The number of hydrogen-bond donors (Lipinski definition) is 1. The Kier molecular flexibility index (Phi) is 7.28. The molecule has 92 valence electrons. The van der Waals surface area contributed by atoms with Crippen LogP contribution in [0.15, 0.2) is 29.1 Å². The average Bonchev–Trinajstić information content (AvgIpc) is 2.19. The Labute approximate surface area is 92.7 Å². The van der Waals surface area contributed by atoms with Gasteiger partial charge in [-0.25, -0.2) is 0 Å². The fraction of sp³-hybridized carbons (Fsp3) is 0.500. The lowest BCUT2D eigenvalue weighted by Gasteiger charge is -2.08. The normalized spacial score (nSPS) is 13.9. The molecule has 16 heavy (non-hydrogen) atoms. The fourth-order valence-corrected chi connectivity index (χ4v) is 0.728. The number of hydrogen-bond acceptors (Lipinski definition) is 3. The van der Waals surface area contributed by atoms with E-state index in [9.17, 15) is 13.2 Å². The van der Waals surface area contributed by atoms with Gasteiger partial charge in [0.25, 0.3) is 0 Å². The minimum Gasteiger partial charge on any atom is -0.483 e. The first-order valence-electron chi connectivity index (χ1n) is 4.68. The van der Waals surface area contributed by atoms with Gasteiger partial charge in [0.2, 0.25) is 0 Å². The molecule has 0 fully saturated rings. The lowest BCUT2D eigenvalue weighted by Crippen LogP contribution is -2.16. The molecule has 0 amide bonds. The van der Waals surface area contributed by atoms with Crippen molar-refractivity contribution in [2.45, 2.75) is 13.1 Å². The predicted molar refractivity (Wildman–Crippen MR) is 57.3 cm³/mol. The molecule has 0 saturated carbocycles. The third kappa shape index (κ3) is 9.26. The van der Waals surface area contributed by atoms with Crippen LogP contribution in [0, 0.1) is 0 Å². The highest BCUT2D eigenvalue weighted by Gasteiger charge is 2.28. The minimum absolute atomic E-state index is 0.0761. The zero-order valence-electron chi connectivity index (χ0n) is 9.21. The summed E-state index contributed by atoms with van der Waals surface area (Å²) in [6.45, 7) is 0.908. The molecule has 0 aliphatic carbocycles. The number of aliphatic imine (C=N–C) groups is 1. The molecule has 1 N–H and O–H groups in total. The van der Waals surface area contributed by atoms with Gasteiger partial charge in [0, 0.05) is 12.8 Å². The van der Waals surface area contributed by atoms with E-state index in [0.29, 0.717) is 6.54 Å². The molecule has 0 bridgehead atoms. The van der Waals surface area contributed by atoms with Crippen molar-refractivity contribution in [1.82, 2.24) is 5.32 Å². The molecular weight excluding hydrogens is 221 g/mol. The van der Waals surface area contributed by atoms with Crippen molar-refractivity contribution in [2.75, 3.05) is 20.2 Å². The molecule has 0 radical (unpaired) electrons. The maximum atomic E-state index is 11.9. The lowest BCUT2D eigenvalue weighted by atomic mass is 10.4. The van der Waals surface area contributed by atoms with Crippen LogP contribution in [0.4, 0.5) is 13.2 Å². The number of ether oxygens (including phenoxy) is 1. The van der Waals surface area contributed by atoms with Gasteiger partial charge in [-0.1, -0.05) is 6.08 Å². The van der Waals surface area contributed by atoms with Gasteiger partial charge in [0.1, 0.15) is 5.76 Å². The van der Waals surface area contributed by atoms with Crippen LogP contribution < -0.4 is 5.32 Å². The number of nitrogens with one attached hydrogen (secondary N) is 1. The molecule has 6 heteroatoms. The first-order valence-corrected chi connectivity index (χ1v) is 4.68. The summed E-state index contributed by atoms with van der Waals surface area (Å²) in [7, 11) is 1.74. The average molecular weight is 236 g/mol. The highest BCUT2D eigenvalue weighted by atomic mass is 19.4. The minimum atomic E-state index is -4.34. The van der Waals surface area contributed by atoms with Crippen LogP contribution in [0.5, 0.6) is 0 Å². The summed E-state index contributed by atoms with van der Waals surface area (Å²) in [5.41, 5.74) is 0. The van der Waals surface area contributed by atoms with Gasteiger partial charge in [0.05, 0.1) is 6.20 Å². The van der Waals surface area contributed by atoms with E-state index in [0.717, 1.165) is 0 Å². The number of alkyl halides is 3. The molecule has 0 spiro atoms. The van der Waals surface area contributed by atoms with E-state index in [2.05, 4.69) is 15.0 Å². The van der Waals surface area contributed by atoms with Crippen LogP contribution >= 0.6 is 0 Å². The van der Waals surface area contributed by atoms with Crippen LogP contribution in [-0.2, 0) is 4.74 Å². The summed E-state index contributed by atoms with van der Waals surface area (Å²) in [4.78, 5) is 3.79. The molecule has 0 rings (SSSR count). The summed E-state index contributed by atoms with van der Waals surface area (Å²) in [5, 5.41) is 2.81. The largest absolute Gasteiger partial charge is 0.483 e. The van der Waals surface area contributed by atoms with Gasteiger partial charge < -0.3 is 10.1 Å². The number of rotatable bonds is 6. The molecule has 0 aromatic carbocycles. The van der Waals surface area contributed by atoms with Crippen molar-refractivity contribution < 1.29 is 17.9 Å². The summed E-state index contributed by atoms with van der Waals surface area (Å²) in [5.74, 6) is 0.0761. The Bertz CT molecular complexity index is 270. The van der Waals surface area contributed by atoms with Crippen LogP contribution in [0.25, 0.3) is 0 Å². The second kappa shape index (κ2) is 7.92. The van der Waals surface area contributed by atoms with E-state index < -0.39 is 12.8 Å². The van der Waals surface area contributed by atoms with Crippen LogP contribution in [-0.4, -0.2) is 32.6 Å². The quantitative estimate of drug-likeness (QED) is 0.436. The van der Waals surface area contributed by atoms with Crippen molar-refractivity contribution in [2.24, 2.45) is 4.99 Å². The third-order valence-corrected chi connectivity index (χ3v) is 1.34. The summed E-state index contributed by atoms with van der Waals surface area (Å²) >= 11 is 0. The van der Waals surface area contributed by atoms with Crippen molar-refractivity contribution in [3.8, 4) is 0 Å². The molecule has 0 heterocycles. The SMILES string of the molecule is C/C=C\C(=C/N=CCNC)OCC(F)(F)F. The molecule has 0 aliphatic heterocycles. The number of halogens is 3. The number of allylic oxidation sites excluding steroid dienone is 2. The van der Waals surface area contributed by atoms with E-state index in [1.165, 1.54) is 18.5 Å². The second-order valence-corrected chi connectivity index (χ2v) is 2.82. The van der Waals surface area contributed by atoms with Crippen LogP contribution in [0.3, 0.4) is 0 Å². The van der Waals surface area contributed by atoms with E-state index in [4.69, 9.17) is 0 Å². The van der Waals surface area contributed by atoms with Crippen molar-refractivity contribution in [1.29, 1.82) is 0 Å². The highest BCUT2D eigenvalue weighted by Crippen LogP contribution is 2.16. The molecule has 0 atom stereocenters. The van der Waals surface area contributed by atoms with Gasteiger partial charge in [-0.15, -0.1) is 0 Å². The fourth-order valence-electron chi connectivity index (χ4n) is 0.728. The number of nitrogens with zero attached hydrogens (tertiary/aromatic N) is 1. The van der Waals surface area contributed by atoms with E-state index in [-0.39, 0.29) is 5.76 Å². The Morgan fingerprint density at radius 1 is 1.44 bits per heavy atom. The standard InChI is InChI=1S/C10H15F3N2O/c1-3-4-9(7-15-6-5-14-2)16-8-10(11,12)13/h3-4,6-7,14H,5,8H2,1-2H3/b4-3-,9-7+,15-6?.